The maximum absolute atomic E-state index is 12.7. The zero-order chi connectivity index (χ0) is 23.6. The van der Waals surface area contributed by atoms with Crippen LogP contribution >= 0.6 is 0 Å². The minimum absolute atomic E-state index is 0.281. The van der Waals surface area contributed by atoms with Crippen LogP contribution < -0.4 is 16.0 Å². The molecule has 0 saturated heterocycles. The second-order valence-corrected chi connectivity index (χ2v) is 7.06. The van der Waals surface area contributed by atoms with Gasteiger partial charge >= 0.3 is 5.97 Å². The number of hydrogen-bond acceptors (Lipinski definition) is 5. The zero-order valence-corrected chi connectivity index (χ0v) is 17.9. The van der Waals surface area contributed by atoms with Crippen molar-refractivity contribution in [2.45, 2.75) is 0 Å². The van der Waals surface area contributed by atoms with Gasteiger partial charge in [-0.1, -0.05) is 0 Å². The summed E-state index contributed by atoms with van der Waals surface area (Å²) in [5.41, 5.74) is 2.05. The molecule has 0 saturated carbocycles. The Kier molecular flexibility index (Phi) is 6.23. The molecule has 0 spiro atoms. The van der Waals surface area contributed by atoms with E-state index in [4.69, 9.17) is 12.6 Å². The van der Waals surface area contributed by atoms with E-state index in [-0.39, 0.29) is 17.1 Å². The Morgan fingerprint density at radius 1 is 0.719 bits per heavy atom. The molecule has 0 aromatic carbocycles. The second-order valence-electron chi connectivity index (χ2n) is 7.06. The van der Waals surface area contributed by atoms with Crippen molar-refractivity contribution in [2.24, 2.45) is 21.1 Å². The zero-order valence-electron chi connectivity index (χ0n) is 17.9. The summed E-state index contributed by atoms with van der Waals surface area (Å²) in [5.74, 6) is -2.12. The van der Waals surface area contributed by atoms with Crippen molar-refractivity contribution in [3.8, 4) is 0 Å². The summed E-state index contributed by atoms with van der Waals surface area (Å²) in [6.07, 6.45) is 4.72. The van der Waals surface area contributed by atoms with Gasteiger partial charge in [-0.2, -0.15) is 0 Å². The Balaban J connectivity index is 1.73. The highest BCUT2D eigenvalue weighted by Gasteiger charge is 2.18. The fraction of sp³-hybridized carbons (Fsp3) is 0.200. The molecule has 0 aliphatic heterocycles. The van der Waals surface area contributed by atoms with Crippen LogP contribution in [0.1, 0.15) is 31.5 Å². The molecule has 3 aromatic rings. The van der Waals surface area contributed by atoms with Crippen LogP contribution in [0, 0.1) is 0 Å². The van der Waals surface area contributed by atoms with Crippen LogP contribution in [0.4, 0.5) is 21.9 Å². The lowest BCUT2D eigenvalue weighted by Crippen LogP contribution is -2.15. The fourth-order valence-corrected chi connectivity index (χ4v) is 3.19. The molecule has 0 bridgehead atoms. The van der Waals surface area contributed by atoms with Gasteiger partial charge in [-0.3, -0.25) is 14.4 Å². The number of carbonyl (C=O) groups is 4. The third-order valence-corrected chi connectivity index (χ3v) is 4.66. The molecule has 164 valence electrons. The number of carbonyl (C=O) groups excluding carboxylic acids is 4. The van der Waals surface area contributed by atoms with E-state index in [0.717, 1.165) is 0 Å². The van der Waals surface area contributed by atoms with Crippen molar-refractivity contribution in [1.29, 1.82) is 0 Å². The quantitative estimate of drug-likeness (QED) is 0.400. The van der Waals surface area contributed by atoms with E-state index in [0.29, 0.717) is 17.1 Å². The topological polar surface area (TPSA) is 128 Å². The number of amides is 3. The van der Waals surface area contributed by atoms with E-state index >= 15 is 0 Å². The summed E-state index contributed by atoms with van der Waals surface area (Å²) < 4.78 is 9.33. The minimum atomic E-state index is -0.738. The van der Waals surface area contributed by atoms with Crippen molar-refractivity contribution in [1.82, 2.24) is 13.7 Å². The smallest absolute Gasteiger partial charge is 0.354 e. The molecule has 0 unspecified atom stereocenters. The van der Waals surface area contributed by atoms with Crippen LogP contribution in [0.5, 0.6) is 0 Å². The predicted molar refractivity (Wildman–Crippen MR) is 118 cm³/mol. The third kappa shape index (κ3) is 4.74. The highest BCUT2D eigenvalue weighted by Crippen LogP contribution is 2.19. The SMILES string of the molecule is [B]C(=O)Nc1cc(C(=O)Nc2cc(C(=O)Nc3cc(C(=O)OC)n(C)c3)n(C)c2)n(C)c1. The van der Waals surface area contributed by atoms with Crippen molar-refractivity contribution in [3.05, 3.63) is 53.9 Å². The van der Waals surface area contributed by atoms with Crippen molar-refractivity contribution in [3.63, 3.8) is 0 Å². The highest BCUT2D eigenvalue weighted by atomic mass is 16.5. The summed E-state index contributed by atoms with van der Waals surface area (Å²) in [6, 6.07) is 4.50. The van der Waals surface area contributed by atoms with Gasteiger partial charge in [0, 0.05) is 39.7 Å². The molecule has 0 fully saturated rings. The van der Waals surface area contributed by atoms with Gasteiger partial charge in [0.25, 0.3) is 11.8 Å². The number of anilines is 3. The number of esters is 1. The lowest BCUT2D eigenvalue weighted by molar-refractivity contribution is 0.0589. The van der Waals surface area contributed by atoms with Gasteiger partial charge in [-0.05, 0) is 18.2 Å². The molecular weight excluding hydrogens is 415 g/mol. The lowest BCUT2D eigenvalue weighted by Gasteiger charge is -2.03. The molecule has 3 amide bonds. The normalized spacial score (nSPS) is 10.5. The van der Waals surface area contributed by atoms with Gasteiger partial charge in [0.1, 0.15) is 17.1 Å². The van der Waals surface area contributed by atoms with Crippen LogP contribution in [0.3, 0.4) is 0 Å². The molecule has 0 aliphatic rings. The molecule has 3 rings (SSSR count). The average molecular weight is 436 g/mol. The first-order valence-electron chi connectivity index (χ1n) is 9.35. The van der Waals surface area contributed by atoms with Crippen LogP contribution in [-0.4, -0.2) is 52.2 Å². The van der Waals surface area contributed by atoms with Gasteiger partial charge in [-0.25, -0.2) is 4.79 Å². The average Bonchev–Trinajstić information content (AvgIpc) is 3.37. The van der Waals surface area contributed by atoms with E-state index in [1.54, 1.807) is 48.9 Å². The van der Waals surface area contributed by atoms with Gasteiger partial charge < -0.3 is 34.4 Å². The molecule has 0 atom stereocenters. The standard InChI is InChI=1S/C20H21BN6O5/c1-25-8-11(22-18(29)15-6-13(10-26(15)2)24-20(21)31)5-14(25)17(28)23-12-7-16(19(30)32-4)27(3)9-12/h5-10H,1-4H3,(H,22,29)(H,23,28)(H,24,31). The number of aromatic nitrogens is 3. The van der Waals surface area contributed by atoms with E-state index in [1.807, 2.05) is 0 Å². The summed E-state index contributed by atoms with van der Waals surface area (Å²) in [7, 11) is 11.3. The summed E-state index contributed by atoms with van der Waals surface area (Å²) in [6.45, 7) is 0. The molecule has 32 heavy (non-hydrogen) atoms. The Labute approximate surface area is 184 Å². The lowest BCUT2D eigenvalue weighted by atomic mass is 10.1. The first kappa shape index (κ1) is 22.5. The Bertz CT molecular complexity index is 1220. The Morgan fingerprint density at radius 3 is 1.50 bits per heavy atom. The molecule has 0 aliphatic carbocycles. The summed E-state index contributed by atoms with van der Waals surface area (Å²) in [4.78, 5) is 48.0. The van der Waals surface area contributed by atoms with Gasteiger partial charge in [0.15, 0.2) is 5.81 Å². The largest absolute Gasteiger partial charge is 0.464 e. The Morgan fingerprint density at radius 2 is 1.09 bits per heavy atom. The first-order chi connectivity index (χ1) is 15.1. The predicted octanol–water partition coefficient (Wildman–Crippen LogP) is 1.69. The van der Waals surface area contributed by atoms with Crippen molar-refractivity contribution < 1.29 is 23.9 Å². The third-order valence-electron chi connectivity index (χ3n) is 4.66. The number of rotatable bonds is 6. The van der Waals surface area contributed by atoms with E-state index in [2.05, 4.69) is 16.0 Å². The first-order valence-corrected chi connectivity index (χ1v) is 9.35. The molecule has 11 nitrogen and oxygen atoms in total. The molecule has 3 N–H and O–H groups in total. The maximum atomic E-state index is 12.7. The molecule has 12 heteroatoms. The summed E-state index contributed by atoms with van der Waals surface area (Å²) >= 11 is 0. The molecule has 2 radical (unpaired) electrons. The summed E-state index contributed by atoms with van der Waals surface area (Å²) in [5, 5.41) is 7.83. The van der Waals surface area contributed by atoms with Gasteiger partial charge in [0.05, 0.1) is 24.2 Å². The number of hydrogen-bond donors (Lipinski definition) is 3. The second kappa shape index (κ2) is 8.88. The number of aryl methyl sites for hydroxylation is 3. The van der Waals surface area contributed by atoms with Gasteiger partial charge in [0.2, 0.25) is 7.85 Å². The minimum Gasteiger partial charge on any atom is -0.464 e. The number of nitrogens with zero attached hydrogens (tertiary/aromatic N) is 3. The van der Waals surface area contributed by atoms with Crippen LogP contribution in [0.2, 0.25) is 0 Å². The monoisotopic (exact) mass is 436 g/mol. The molecule has 3 aromatic heterocycles. The van der Waals surface area contributed by atoms with Gasteiger partial charge in [-0.15, -0.1) is 0 Å². The number of nitrogens with one attached hydrogen (secondary N) is 3. The van der Waals surface area contributed by atoms with E-state index in [1.165, 1.54) is 29.9 Å². The van der Waals surface area contributed by atoms with Crippen molar-refractivity contribution >= 4 is 48.5 Å². The fourth-order valence-electron chi connectivity index (χ4n) is 3.19. The van der Waals surface area contributed by atoms with E-state index in [9.17, 15) is 19.2 Å². The van der Waals surface area contributed by atoms with Crippen molar-refractivity contribution in [2.75, 3.05) is 23.1 Å². The Hall–Kier alpha value is -4.22. The van der Waals surface area contributed by atoms with E-state index < -0.39 is 23.6 Å². The maximum Gasteiger partial charge on any atom is 0.354 e. The van der Waals surface area contributed by atoms with Crippen LogP contribution in [0.15, 0.2) is 36.8 Å². The number of ether oxygens (including phenoxy) is 1. The molecule has 3 heterocycles. The highest BCUT2D eigenvalue weighted by molar-refractivity contribution is 6.60. The molecular formula is C20H21BN6O5. The van der Waals surface area contributed by atoms with Crippen LogP contribution in [0.25, 0.3) is 0 Å². The number of methoxy groups -OCH3 is 1. The van der Waals surface area contributed by atoms with Crippen LogP contribution in [-0.2, 0) is 25.9 Å².